The third-order valence-corrected chi connectivity index (χ3v) is 4.50. The minimum atomic E-state index is 0.0787. The smallest absolute Gasteiger partial charge is 0.0331 e. The lowest BCUT2D eigenvalue weighted by Gasteiger charge is -2.53. The normalized spacial score (nSPS) is 16.2. The van der Waals surface area contributed by atoms with Crippen LogP contribution in [-0.2, 0) is 0 Å². The average molecular weight is 215 g/mol. The van der Waals surface area contributed by atoms with Gasteiger partial charge in [0.05, 0.1) is 0 Å². The maximum absolute atomic E-state index is 5.73. The molecule has 0 amide bonds. The van der Waals surface area contributed by atoms with E-state index < -0.39 is 0 Å². The standard InChI is InChI=1S/C12H29N3/c1-10(9-13)15(8)12(4,5)11(2,3)14(6)7/h10H,9,13H2,1-8H3. The second kappa shape index (κ2) is 4.81. The van der Waals surface area contributed by atoms with Crippen molar-refractivity contribution in [1.82, 2.24) is 9.80 Å². The fourth-order valence-corrected chi connectivity index (χ4v) is 1.69. The van der Waals surface area contributed by atoms with E-state index in [1.807, 2.05) is 0 Å². The Labute approximate surface area is 95.6 Å². The molecule has 0 fully saturated rings. The molecule has 15 heavy (non-hydrogen) atoms. The van der Waals surface area contributed by atoms with Gasteiger partial charge in [-0.1, -0.05) is 0 Å². The lowest BCUT2D eigenvalue weighted by Crippen LogP contribution is -2.65. The van der Waals surface area contributed by atoms with Gasteiger partial charge in [0.15, 0.2) is 0 Å². The molecule has 0 saturated carbocycles. The van der Waals surface area contributed by atoms with Crippen LogP contribution < -0.4 is 5.73 Å². The molecular weight excluding hydrogens is 186 g/mol. The zero-order chi connectivity index (χ0) is 12.4. The molecule has 0 saturated heterocycles. The van der Waals surface area contributed by atoms with Crippen LogP contribution in [0.5, 0.6) is 0 Å². The van der Waals surface area contributed by atoms with Crippen molar-refractivity contribution in [2.24, 2.45) is 5.73 Å². The summed E-state index contributed by atoms with van der Waals surface area (Å²) < 4.78 is 0. The largest absolute Gasteiger partial charge is 0.329 e. The summed E-state index contributed by atoms with van der Waals surface area (Å²) in [5.74, 6) is 0. The van der Waals surface area contributed by atoms with Crippen LogP contribution in [-0.4, -0.2) is 54.6 Å². The zero-order valence-corrected chi connectivity index (χ0v) is 11.8. The van der Waals surface area contributed by atoms with Crippen molar-refractivity contribution in [3.8, 4) is 0 Å². The summed E-state index contributed by atoms with van der Waals surface area (Å²) in [6.07, 6.45) is 0. The van der Waals surface area contributed by atoms with Gasteiger partial charge in [-0.3, -0.25) is 4.90 Å². The van der Waals surface area contributed by atoms with Crippen LogP contribution in [0.15, 0.2) is 0 Å². The van der Waals surface area contributed by atoms with Gasteiger partial charge in [0, 0.05) is 23.7 Å². The number of nitrogens with two attached hydrogens (primary N) is 1. The molecule has 0 aromatic carbocycles. The van der Waals surface area contributed by atoms with Crippen LogP contribution in [0.4, 0.5) is 0 Å². The van der Waals surface area contributed by atoms with Gasteiger partial charge in [-0.2, -0.15) is 0 Å². The summed E-state index contributed by atoms with van der Waals surface area (Å²) in [5.41, 5.74) is 5.91. The van der Waals surface area contributed by atoms with E-state index in [9.17, 15) is 0 Å². The summed E-state index contributed by atoms with van der Waals surface area (Å²) in [7, 11) is 6.41. The van der Waals surface area contributed by atoms with Crippen molar-refractivity contribution in [2.45, 2.75) is 51.7 Å². The van der Waals surface area contributed by atoms with Crippen molar-refractivity contribution in [2.75, 3.05) is 27.7 Å². The highest BCUT2D eigenvalue weighted by molar-refractivity contribution is 5.01. The molecule has 0 bridgehead atoms. The molecule has 3 nitrogen and oxygen atoms in total. The topological polar surface area (TPSA) is 32.5 Å². The first kappa shape index (κ1) is 14.9. The van der Waals surface area contributed by atoms with Crippen molar-refractivity contribution in [3.05, 3.63) is 0 Å². The maximum Gasteiger partial charge on any atom is 0.0331 e. The predicted molar refractivity (Wildman–Crippen MR) is 68.1 cm³/mol. The van der Waals surface area contributed by atoms with Gasteiger partial charge in [0.2, 0.25) is 0 Å². The van der Waals surface area contributed by atoms with Gasteiger partial charge in [-0.05, 0) is 55.8 Å². The molecule has 0 aromatic heterocycles. The Kier molecular flexibility index (Phi) is 4.77. The van der Waals surface area contributed by atoms with E-state index >= 15 is 0 Å². The number of hydrogen-bond donors (Lipinski definition) is 1. The minimum absolute atomic E-state index is 0.0787. The van der Waals surface area contributed by atoms with Crippen molar-refractivity contribution in [1.29, 1.82) is 0 Å². The summed E-state index contributed by atoms with van der Waals surface area (Å²) in [5, 5.41) is 0. The van der Waals surface area contributed by atoms with Gasteiger partial charge < -0.3 is 10.6 Å². The molecule has 0 spiro atoms. The molecule has 0 aliphatic heterocycles. The molecule has 0 aliphatic carbocycles. The zero-order valence-electron chi connectivity index (χ0n) is 11.8. The molecule has 2 N–H and O–H groups in total. The summed E-state index contributed by atoms with van der Waals surface area (Å²) >= 11 is 0. The highest BCUT2D eigenvalue weighted by Gasteiger charge is 2.42. The van der Waals surface area contributed by atoms with Gasteiger partial charge in [0.25, 0.3) is 0 Å². The quantitative estimate of drug-likeness (QED) is 0.752. The summed E-state index contributed by atoms with van der Waals surface area (Å²) in [6.45, 7) is 12.0. The number of nitrogens with zero attached hydrogens (tertiary/aromatic N) is 2. The fourth-order valence-electron chi connectivity index (χ4n) is 1.69. The summed E-state index contributed by atoms with van der Waals surface area (Å²) in [6, 6.07) is 0.402. The van der Waals surface area contributed by atoms with E-state index in [0.717, 1.165) is 0 Å². The molecule has 0 rings (SSSR count). The minimum Gasteiger partial charge on any atom is -0.329 e. The van der Waals surface area contributed by atoms with Crippen molar-refractivity contribution in [3.63, 3.8) is 0 Å². The van der Waals surface area contributed by atoms with Crippen molar-refractivity contribution < 1.29 is 0 Å². The second-order valence-corrected chi connectivity index (χ2v) is 5.71. The van der Waals surface area contributed by atoms with E-state index in [2.05, 4.69) is 65.6 Å². The van der Waals surface area contributed by atoms with E-state index in [0.29, 0.717) is 12.6 Å². The first-order valence-electron chi connectivity index (χ1n) is 5.69. The molecule has 0 radical (unpaired) electrons. The molecular formula is C12H29N3. The van der Waals surface area contributed by atoms with Gasteiger partial charge in [-0.15, -0.1) is 0 Å². The Morgan fingerprint density at radius 3 is 1.67 bits per heavy atom. The third-order valence-electron chi connectivity index (χ3n) is 4.50. The maximum atomic E-state index is 5.73. The monoisotopic (exact) mass is 215 g/mol. The first-order valence-corrected chi connectivity index (χ1v) is 5.69. The Morgan fingerprint density at radius 1 is 1.00 bits per heavy atom. The van der Waals surface area contributed by atoms with Gasteiger partial charge in [0.1, 0.15) is 0 Å². The Morgan fingerprint density at radius 2 is 1.40 bits per heavy atom. The van der Waals surface area contributed by atoms with E-state index in [1.54, 1.807) is 0 Å². The predicted octanol–water partition coefficient (Wildman–Crippen LogP) is 1.38. The molecule has 0 heterocycles. The van der Waals surface area contributed by atoms with E-state index in [1.165, 1.54) is 0 Å². The molecule has 92 valence electrons. The average Bonchev–Trinajstić information content (AvgIpc) is 2.14. The number of hydrogen-bond acceptors (Lipinski definition) is 3. The van der Waals surface area contributed by atoms with Crippen LogP contribution in [0.3, 0.4) is 0 Å². The number of rotatable bonds is 5. The van der Waals surface area contributed by atoms with Crippen LogP contribution in [0.1, 0.15) is 34.6 Å². The lowest BCUT2D eigenvalue weighted by atomic mass is 9.79. The Bertz CT molecular complexity index is 197. The molecule has 1 atom stereocenters. The molecule has 0 aliphatic rings. The number of likely N-dealkylation sites (N-methyl/N-ethyl adjacent to an activating group) is 2. The molecule has 3 heteroatoms. The van der Waals surface area contributed by atoms with Crippen LogP contribution in [0, 0.1) is 0 Å². The highest BCUT2D eigenvalue weighted by atomic mass is 15.3. The van der Waals surface area contributed by atoms with Gasteiger partial charge >= 0.3 is 0 Å². The van der Waals surface area contributed by atoms with Crippen molar-refractivity contribution >= 4 is 0 Å². The first-order chi connectivity index (χ1) is 6.59. The van der Waals surface area contributed by atoms with Crippen LogP contribution in [0.25, 0.3) is 0 Å². The van der Waals surface area contributed by atoms with E-state index in [4.69, 9.17) is 5.73 Å². The Balaban J connectivity index is 4.95. The SMILES string of the molecule is CC(CN)N(C)C(C)(C)C(C)(C)N(C)C. The van der Waals surface area contributed by atoms with Crippen LogP contribution in [0.2, 0.25) is 0 Å². The second-order valence-electron chi connectivity index (χ2n) is 5.71. The van der Waals surface area contributed by atoms with E-state index in [-0.39, 0.29) is 11.1 Å². The highest BCUT2D eigenvalue weighted by Crippen LogP contribution is 2.31. The molecule has 1 unspecified atom stereocenters. The van der Waals surface area contributed by atoms with Gasteiger partial charge in [-0.25, -0.2) is 0 Å². The lowest BCUT2D eigenvalue weighted by molar-refractivity contribution is -0.0164. The third kappa shape index (κ3) is 2.71. The fraction of sp³-hybridized carbons (Fsp3) is 1.00. The van der Waals surface area contributed by atoms with Crippen LogP contribution >= 0.6 is 0 Å². The Hall–Kier alpha value is -0.120. The summed E-state index contributed by atoms with van der Waals surface area (Å²) in [4.78, 5) is 4.64. The molecule has 0 aromatic rings.